The number of rotatable bonds is 9. The number of hydrogen-bond acceptors (Lipinski definition) is 6. The Labute approximate surface area is 231 Å². The predicted molar refractivity (Wildman–Crippen MR) is 126 cm³/mol. The van der Waals surface area contributed by atoms with E-state index in [9.17, 15) is 50.3 Å². The van der Waals surface area contributed by atoms with Crippen LogP contribution in [0.3, 0.4) is 0 Å². The molecule has 10 nitrogen and oxygen atoms in total. The van der Waals surface area contributed by atoms with Crippen LogP contribution in [0.4, 0.5) is 26.3 Å². The van der Waals surface area contributed by atoms with Crippen LogP contribution >= 0.6 is 0 Å². The second-order valence-corrected chi connectivity index (χ2v) is 12.3. The quantitative estimate of drug-likeness (QED) is 0.344. The Hall–Kier alpha value is -2.91. The first kappa shape index (κ1) is 31.0. The number of likely N-dealkylation sites (tertiary alicyclic amines) is 1. The topological polar surface area (TPSA) is 134 Å². The highest BCUT2D eigenvalue weighted by atomic mass is 19.4. The summed E-state index contributed by atoms with van der Waals surface area (Å²) in [6.45, 7) is 3.25. The Bertz CT molecular complexity index is 1120. The molecule has 3 N–H and O–H groups in total. The number of nitrogens with zero attached hydrogens (tertiary/aromatic N) is 1. The number of ether oxygens (including phenoxy) is 1. The van der Waals surface area contributed by atoms with Crippen molar-refractivity contribution in [2.45, 2.75) is 77.1 Å². The molecule has 1 spiro atoms. The van der Waals surface area contributed by atoms with Gasteiger partial charge in [0.25, 0.3) is 0 Å². The number of nitrogens with one attached hydrogen (secondary N) is 3. The van der Waals surface area contributed by atoms with Gasteiger partial charge in [0.05, 0.1) is 6.04 Å². The standard InChI is InChI=1S/C25H32F6N4O6/c1-22(2,3)17(34-21(40)24(26,27)28)20(39)35-9-12-15(23(12)5-6-23)16(35)19(38)33-13(8-11-4-7-32-18(11)37)14(36)10-41-25(29,30)31/h11-13,15-17H,4-10H2,1-3H3,(H,32,37)(H,33,38)(H,34,40)/t11-,12-,13?,15-,16-,17?/m0/s1. The normalized spacial score (nSPS) is 28.0. The fourth-order valence-electron chi connectivity index (χ4n) is 6.30. The Morgan fingerprint density at radius 2 is 1.71 bits per heavy atom. The van der Waals surface area contributed by atoms with E-state index in [4.69, 9.17) is 0 Å². The first-order valence-electron chi connectivity index (χ1n) is 13.3. The third kappa shape index (κ3) is 6.46. The molecule has 4 fully saturated rings. The molecule has 230 valence electrons. The molecular formula is C25H32F6N4O6. The fourth-order valence-corrected chi connectivity index (χ4v) is 6.30. The lowest BCUT2D eigenvalue weighted by molar-refractivity contribution is -0.321. The zero-order chi connectivity index (χ0) is 30.7. The van der Waals surface area contributed by atoms with Gasteiger partial charge in [-0.05, 0) is 48.3 Å². The number of ketones is 1. The van der Waals surface area contributed by atoms with Crippen molar-refractivity contribution >= 4 is 29.4 Å². The Kier molecular flexibility index (Phi) is 7.89. The molecule has 4 aliphatic rings. The van der Waals surface area contributed by atoms with Crippen molar-refractivity contribution in [3.05, 3.63) is 0 Å². The predicted octanol–water partition coefficient (Wildman–Crippen LogP) is 1.43. The molecule has 0 aromatic rings. The van der Waals surface area contributed by atoms with Crippen LogP contribution in [0.1, 0.15) is 46.5 Å². The highest BCUT2D eigenvalue weighted by molar-refractivity contribution is 5.97. The van der Waals surface area contributed by atoms with Crippen LogP contribution in [-0.4, -0.2) is 84.7 Å². The number of piperidine rings is 1. The number of halogens is 6. The van der Waals surface area contributed by atoms with Gasteiger partial charge in [-0.1, -0.05) is 20.8 Å². The van der Waals surface area contributed by atoms with E-state index >= 15 is 0 Å². The summed E-state index contributed by atoms with van der Waals surface area (Å²) in [5.41, 5.74) is -1.40. The maximum atomic E-state index is 13.6. The average molecular weight is 599 g/mol. The minimum absolute atomic E-state index is 0.0386. The number of carbonyl (C=O) groups excluding carboxylic acids is 5. The molecule has 16 heteroatoms. The summed E-state index contributed by atoms with van der Waals surface area (Å²) in [5.74, 6) is -6.91. The van der Waals surface area contributed by atoms with E-state index in [0.29, 0.717) is 0 Å². The maximum Gasteiger partial charge on any atom is 0.522 e. The molecule has 0 bridgehead atoms. The van der Waals surface area contributed by atoms with E-state index in [1.165, 1.54) is 20.8 Å². The highest BCUT2D eigenvalue weighted by Crippen LogP contribution is 2.78. The third-order valence-electron chi connectivity index (χ3n) is 8.59. The molecule has 41 heavy (non-hydrogen) atoms. The largest absolute Gasteiger partial charge is 0.522 e. The summed E-state index contributed by atoms with van der Waals surface area (Å²) in [7, 11) is 0. The zero-order valence-electron chi connectivity index (χ0n) is 22.6. The molecule has 6 atom stereocenters. The van der Waals surface area contributed by atoms with E-state index in [0.717, 1.165) is 17.7 Å². The molecule has 0 radical (unpaired) electrons. The van der Waals surface area contributed by atoms with Gasteiger partial charge in [0, 0.05) is 19.0 Å². The van der Waals surface area contributed by atoms with Gasteiger partial charge >= 0.3 is 18.4 Å². The molecule has 0 aromatic heterocycles. The first-order valence-corrected chi connectivity index (χ1v) is 13.3. The summed E-state index contributed by atoms with van der Waals surface area (Å²) < 4.78 is 80.6. The first-order chi connectivity index (χ1) is 18.8. The molecule has 0 aromatic carbocycles. The number of fused-ring (bicyclic) bond motifs is 3. The lowest BCUT2D eigenvalue weighted by Crippen LogP contribution is -2.61. The van der Waals surface area contributed by atoms with Gasteiger partial charge in [-0.2, -0.15) is 13.2 Å². The summed E-state index contributed by atoms with van der Waals surface area (Å²) in [6.07, 6.45) is -8.86. The molecule has 2 aliphatic carbocycles. The Morgan fingerprint density at radius 1 is 1.07 bits per heavy atom. The van der Waals surface area contributed by atoms with Crippen LogP contribution in [0.2, 0.25) is 0 Å². The third-order valence-corrected chi connectivity index (χ3v) is 8.59. The monoisotopic (exact) mass is 598 g/mol. The minimum Gasteiger partial charge on any atom is -0.356 e. The van der Waals surface area contributed by atoms with Crippen LogP contribution < -0.4 is 16.0 Å². The van der Waals surface area contributed by atoms with Crippen LogP contribution in [-0.2, 0) is 28.7 Å². The summed E-state index contributed by atoms with van der Waals surface area (Å²) >= 11 is 0. The van der Waals surface area contributed by atoms with Crippen LogP contribution in [0.25, 0.3) is 0 Å². The van der Waals surface area contributed by atoms with Gasteiger partial charge in [-0.15, -0.1) is 13.2 Å². The van der Waals surface area contributed by atoms with E-state index in [-0.39, 0.29) is 43.2 Å². The van der Waals surface area contributed by atoms with Crippen molar-refractivity contribution in [1.29, 1.82) is 0 Å². The zero-order valence-corrected chi connectivity index (χ0v) is 22.6. The van der Waals surface area contributed by atoms with Crippen LogP contribution in [0, 0.1) is 28.6 Å². The van der Waals surface area contributed by atoms with E-state index in [2.05, 4.69) is 15.4 Å². The summed E-state index contributed by atoms with van der Waals surface area (Å²) in [6, 6.07) is -4.43. The van der Waals surface area contributed by atoms with Crippen LogP contribution in [0.15, 0.2) is 0 Å². The highest BCUT2D eigenvalue weighted by Gasteiger charge is 2.79. The minimum atomic E-state index is -5.26. The van der Waals surface area contributed by atoms with Gasteiger partial charge in [0.1, 0.15) is 18.7 Å². The van der Waals surface area contributed by atoms with Gasteiger partial charge in [-0.25, -0.2) is 0 Å². The summed E-state index contributed by atoms with van der Waals surface area (Å²) in [5, 5.41) is 6.69. The van der Waals surface area contributed by atoms with E-state index < -0.39 is 78.0 Å². The number of Topliss-reactive ketones (excluding diaryl/α,β-unsaturated/α-hetero) is 1. The lowest BCUT2D eigenvalue weighted by Gasteiger charge is -2.37. The van der Waals surface area contributed by atoms with Crippen molar-refractivity contribution in [3.8, 4) is 0 Å². The van der Waals surface area contributed by atoms with E-state index in [1.54, 1.807) is 5.32 Å². The Balaban J connectivity index is 1.56. The molecule has 2 aliphatic heterocycles. The van der Waals surface area contributed by atoms with Crippen molar-refractivity contribution in [2.24, 2.45) is 28.6 Å². The van der Waals surface area contributed by atoms with Gasteiger partial charge in [0.2, 0.25) is 17.7 Å². The second kappa shape index (κ2) is 10.4. The molecule has 2 saturated carbocycles. The fraction of sp³-hybridized carbons (Fsp3) is 0.800. The van der Waals surface area contributed by atoms with Gasteiger partial charge < -0.3 is 20.9 Å². The Morgan fingerprint density at radius 3 is 2.20 bits per heavy atom. The SMILES string of the molecule is CC(C)(C)C(NC(=O)C(F)(F)F)C(=O)N1C[C@H]2[C@@H]([C@H]1C(=O)NC(C[C@@H]1CCNC1=O)C(=O)COC(F)(F)F)C21CC1. The van der Waals surface area contributed by atoms with Crippen molar-refractivity contribution in [2.75, 3.05) is 19.7 Å². The molecule has 2 saturated heterocycles. The number of hydrogen-bond donors (Lipinski definition) is 3. The molecule has 4 amide bonds. The maximum absolute atomic E-state index is 13.6. The number of alkyl halides is 6. The van der Waals surface area contributed by atoms with Crippen LogP contribution in [0.5, 0.6) is 0 Å². The van der Waals surface area contributed by atoms with Crippen molar-refractivity contribution in [1.82, 2.24) is 20.9 Å². The molecule has 2 heterocycles. The molecule has 2 unspecified atom stereocenters. The molecular weight excluding hydrogens is 566 g/mol. The van der Waals surface area contributed by atoms with E-state index in [1.807, 2.05) is 0 Å². The number of carbonyl (C=O) groups is 5. The van der Waals surface area contributed by atoms with Crippen molar-refractivity contribution < 1.29 is 55.1 Å². The number of amides is 4. The van der Waals surface area contributed by atoms with Gasteiger partial charge in [-0.3, -0.25) is 28.7 Å². The van der Waals surface area contributed by atoms with Gasteiger partial charge in [0.15, 0.2) is 5.78 Å². The van der Waals surface area contributed by atoms with Crippen molar-refractivity contribution in [3.63, 3.8) is 0 Å². The smallest absolute Gasteiger partial charge is 0.356 e. The molecule has 4 rings (SSSR count). The summed E-state index contributed by atoms with van der Waals surface area (Å²) in [4.78, 5) is 64.9. The lowest BCUT2D eigenvalue weighted by atomic mass is 9.85. The average Bonchev–Trinajstić information content (AvgIpc) is 3.61. The second-order valence-electron chi connectivity index (χ2n) is 12.3.